The Labute approximate surface area is 207 Å². The molecule has 0 saturated carbocycles. The van der Waals surface area contributed by atoms with Crippen LogP contribution in [-0.4, -0.2) is 29.1 Å². The number of nitrogens with one attached hydrogen (secondary N) is 1. The van der Waals surface area contributed by atoms with Crippen molar-refractivity contribution in [3.8, 4) is 11.5 Å². The molecule has 0 atom stereocenters. The standard InChI is InChI=1S/C24H18N4O7S/c1-34-20-10-17(19(28(32)33)12-21(20)35-14-15-5-3-2-4-6-15)13-25-26-24(29)23-11-16-9-18(27(30)31)7-8-22(16)36-23/h2-13H,14H2,1H3,(H,26,29)/b25-13-. The number of hydrazone groups is 1. The number of thiophene rings is 1. The molecule has 0 spiro atoms. The lowest BCUT2D eigenvalue weighted by molar-refractivity contribution is -0.385. The molecular weight excluding hydrogens is 488 g/mol. The Kier molecular flexibility index (Phi) is 7.16. The summed E-state index contributed by atoms with van der Waals surface area (Å²) in [5.41, 5.74) is 2.93. The van der Waals surface area contributed by atoms with Crippen LogP contribution >= 0.6 is 11.3 Å². The van der Waals surface area contributed by atoms with E-state index < -0.39 is 15.8 Å². The SMILES string of the molecule is COc1cc(/C=N\NC(=O)c2cc3cc([N+](=O)[O-])ccc3s2)c([N+](=O)[O-])cc1OCc1ccccc1. The molecule has 1 heterocycles. The number of nitro groups is 2. The van der Waals surface area contributed by atoms with Crippen LogP contribution in [-0.2, 0) is 6.61 Å². The van der Waals surface area contributed by atoms with Gasteiger partial charge in [0.15, 0.2) is 11.5 Å². The van der Waals surface area contributed by atoms with E-state index in [-0.39, 0.29) is 39.9 Å². The second-order valence-electron chi connectivity index (χ2n) is 7.38. The zero-order valence-corrected chi connectivity index (χ0v) is 19.6. The lowest BCUT2D eigenvalue weighted by Crippen LogP contribution is -2.16. The molecule has 0 aliphatic rings. The number of nitro benzene ring substituents is 2. The number of carbonyl (C=O) groups is 1. The van der Waals surface area contributed by atoms with Gasteiger partial charge in [0, 0.05) is 22.2 Å². The van der Waals surface area contributed by atoms with Gasteiger partial charge in [0.2, 0.25) is 0 Å². The van der Waals surface area contributed by atoms with Crippen LogP contribution in [0, 0.1) is 20.2 Å². The average Bonchev–Trinajstić information content (AvgIpc) is 3.31. The van der Waals surface area contributed by atoms with Crippen molar-refractivity contribution < 1.29 is 24.1 Å². The van der Waals surface area contributed by atoms with Gasteiger partial charge in [-0.3, -0.25) is 25.0 Å². The number of nitrogens with zero attached hydrogens (tertiary/aromatic N) is 3. The maximum absolute atomic E-state index is 12.5. The molecule has 0 fully saturated rings. The number of carbonyl (C=O) groups excluding carboxylic acids is 1. The van der Waals surface area contributed by atoms with E-state index in [1.165, 1.54) is 37.4 Å². The molecule has 182 valence electrons. The smallest absolute Gasteiger partial charge is 0.282 e. The molecule has 4 rings (SSSR count). The number of methoxy groups -OCH3 is 1. The summed E-state index contributed by atoms with van der Waals surface area (Å²) in [6.45, 7) is 0.191. The van der Waals surface area contributed by atoms with Gasteiger partial charge in [-0.2, -0.15) is 5.10 Å². The van der Waals surface area contributed by atoms with E-state index >= 15 is 0 Å². The second-order valence-corrected chi connectivity index (χ2v) is 8.47. The number of benzene rings is 3. The van der Waals surface area contributed by atoms with Crippen LogP contribution in [0.2, 0.25) is 0 Å². The molecule has 12 heteroatoms. The second kappa shape index (κ2) is 10.6. The van der Waals surface area contributed by atoms with E-state index in [2.05, 4.69) is 10.5 Å². The minimum Gasteiger partial charge on any atom is -0.493 e. The highest BCUT2D eigenvalue weighted by atomic mass is 32.1. The van der Waals surface area contributed by atoms with E-state index in [0.717, 1.165) is 23.1 Å². The molecule has 0 radical (unpaired) electrons. The number of hydrogen-bond acceptors (Lipinski definition) is 9. The minimum atomic E-state index is -0.586. The van der Waals surface area contributed by atoms with E-state index in [4.69, 9.17) is 9.47 Å². The first-order chi connectivity index (χ1) is 17.4. The Hall–Kier alpha value is -4.84. The predicted molar refractivity (Wildman–Crippen MR) is 134 cm³/mol. The molecule has 0 bridgehead atoms. The highest BCUT2D eigenvalue weighted by molar-refractivity contribution is 7.20. The summed E-state index contributed by atoms with van der Waals surface area (Å²) in [5.74, 6) is -0.114. The number of fused-ring (bicyclic) bond motifs is 1. The van der Waals surface area contributed by atoms with Gasteiger partial charge < -0.3 is 9.47 Å². The van der Waals surface area contributed by atoms with Gasteiger partial charge in [-0.25, -0.2) is 5.43 Å². The quantitative estimate of drug-likeness (QED) is 0.189. The van der Waals surface area contributed by atoms with Crippen LogP contribution in [0.4, 0.5) is 11.4 Å². The summed E-state index contributed by atoms with van der Waals surface area (Å²) in [5, 5.41) is 27.0. The molecule has 0 unspecified atom stereocenters. The van der Waals surface area contributed by atoms with E-state index in [9.17, 15) is 25.0 Å². The predicted octanol–water partition coefficient (Wildman–Crippen LogP) is 5.07. The topological polar surface area (TPSA) is 146 Å². The summed E-state index contributed by atoms with van der Waals surface area (Å²) in [6.07, 6.45) is 1.14. The lowest BCUT2D eigenvalue weighted by atomic mass is 10.1. The zero-order valence-electron chi connectivity index (χ0n) is 18.7. The van der Waals surface area contributed by atoms with Crippen LogP contribution in [0.5, 0.6) is 11.5 Å². The number of non-ortho nitro benzene ring substituents is 1. The van der Waals surface area contributed by atoms with Crippen molar-refractivity contribution in [3.63, 3.8) is 0 Å². The van der Waals surface area contributed by atoms with Crippen molar-refractivity contribution in [3.05, 3.63) is 103 Å². The first kappa shape index (κ1) is 24.3. The van der Waals surface area contributed by atoms with Gasteiger partial charge in [-0.05, 0) is 23.8 Å². The Morgan fingerprint density at radius 3 is 2.50 bits per heavy atom. The Bertz CT molecular complexity index is 1480. The van der Waals surface area contributed by atoms with Crippen LogP contribution < -0.4 is 14.9 Å². The molecule has 1 aromatic heterocycles. The monoisotopic (exact) mass is 506 g/mol. The highest BCUT2D eigenvalue weighted by Gasteiger charge is 2.19. The Morgan fingerprint density at radius 2 is 1.81 bits per heavy atom. The van der Waals surface area contributed by atoms with Gasteiger partial charge in [0.1, 0.15) is 6.61 Å². The molecule has 1 amide bonds. The lowest BCUT2D eigenvalue weighted by Gasteiger charge is -2.12. The Balaban J connectivity index is 1.52. The van der Waals surface area contributed by atoms with Crippen molar-refractivity contribution >= 4 is 44.9 Å². The van der Waals surface area contributed by atoms with Crippen molar-refractivity contribution in [1.29, 1.82) is 0 Å². The molecule has 36 heavy (non-hydrogen) atoms. The Morgan fingerprint density at radius 1 is 1.03 bits per heavy atom. The van der Waals surface area contributed by atoms with Crippen molar-refractivity contribution in [2.24, 2.45) is 5.10 Å². The number of rotatable bonds is 9. The first-order valence-electron chi connectivity index (χ1n) is 10.4. The molecule has 4 aromatic rings. The minimum absolute atomic E-state index is 0.0808. The summed E-state index contributed by atoms with van der Waals surface area (Å²) in [7, 11) is 1.41. The number of ether oxygens (including phenoxy) is 2. The third-order valence-corrected chi connectivity index (χ3v) is 6.17. The molecule has 0 saturated heterocycles. The first-order valence-corrected chi connectivity index (χ1v) is 11.2. The van der Waals surface area contributed by atoms with Gasteiger partial charge in [0.25, 0.3) is 17.3 Å². The fourth-order valence-corrected chi connectivity index (χ4v) is 4.24. The van der Waals surface area contributed by atoms with Gasteiger partial charge in [-0.15, -0.1) is 11.3 Å². The molecule has 11 nitrogen and oxygen atoms in total. The third kappa shape index (κ3) is 5.45. The van der Waals surface area contributed by atoms with Gasteiger partial charge >= 0.3 is 0 Å². The highest BCUT2D eigenvalue weighted by Crippen LogP contribution is 2.34. The largest absolute Gasteiger partial charge is 0.493 e. The summed E-state index contributed by atoms with van der Waals surface area (Å²) in [4.78, 5) is 34.3. The molecule has 0 aliphatic carbocycles. The molecular formula is C24H18N4O7S. The van der Waals surface area contributed by atoms with E-state index in [1.54, 1.807) is 6.07 Å². The van der Waals surface area contributed by atoms with Crippen LogP contribution in [0.1, 0.15) is 20.8 Å². The summed E-state index contributed by atoms with van der Waals surface area (Å²) < 4.78 is 11.7. The van der Waals surface area contributed by atoms with Crippen LogP contribution in [0.15, 0.2) is 71.8 Å². The molecule has 1 N–H and O–H groups in total. The van der Waals surface area contributed by atoms with Crippen LogP contribution in [0.25, 0.3) is 10.1 Å². The number of amides is 1. The van der Waals surface area contributed by atoms with E-state index in [1.807, 2.05) is 30.3 Å². The van der Waals surface area contributed by atoms with Crippen molar-refractivity contribution in [1.82, 2.24) is 5.43 Å². The normalized spacial score (nSPS) is 10.9. The maximum atomic E-state index is 12.5. The van der Waals surface area contributed by atoms with Crippen LogP contribution in [0.3, 0.4) is 0 Å². The fourth-order valence-electron chi connectivity index (χ4n) is 3.31. The van der Waals surface area contributed by atoms with Crippen molar-refractivity contribution in [2.45, 2.75) is 6.61 Å². The molecule has 3 aromatic carbocycles. The van der Waals surface area contributed by atoms with Crippen molar-refractivity contribution in [2.75, 3.05) is 7.11 Å². The fraction of sp³-hybridized carbons (Fsp3) is 0.0833. The average molecular weight is 506 g/mol. The van der Waals surface area contributed by atoms with Gasteiger partial charge in [-0.1, -0.05) is 30.3 Å². The zero-order chi connectivity index (χ0) is 25.7. The van der Waals surface area contributed by atoms with Gasteiger partial charge in [0.05, 0.1) is 39.7 Å². The third-order valence-electron chi connectivity index (χ3n) is 5.05. The number of hydrogen-bond donors (Lipinski definition) is 1. The summed E-state index contributed by atoms with van der Waals surface area (Å²) in [6, 6.07) is 17.8. The summed E-state index contributed by atoms with van der Waals surface area (Å²) >= 11 is 1.14. The maximum Gasteiger partial charge on any atom is 0.282 e. The van der Waals surface area contributed by atoms with E-state index in [0.29, 0.717) is 10.1 Å². The molecule has 0 aliphatic heterocycles.